The van der Waals surface area contributed by atoms with Gasteiger partial charge in [-0.2, -0.15) is 0 Å². The zero-order valence-corrected chi connectivity index (χ0v) is 10.6. The molecule has 1 fully saturated rings. The number of benzene rings is 1. The van der Waals surface area contributed by atoms with Gasteiger partial charge in [-0.1, -0.05) is 18.2 Å². The van der Waals surface area contributed by atoms with Crippen molar-refractivity contribution in [1.82, 2.24) is 4.90 Å². The lowest BCUT2D eigenvalue weighted by molar-refractivity contribution is -0.0502. The smallest absolute Gasteiger partial charge is 0.407 e. The second kappa shape index (κ2) is 4.42. The predicted octanol–water partition coefficient (Wildman–Crippen LogP) is 2.02. The largest absolute Gasteiger partial charge is 0.487 e. The van der Waals surface area contributed by atoms with Gasteiger partial charge in [-0.25, -0.2) is 4.79 Å². The molecule has 1 saturated heterocycles. The molecule has 0 bridgehead atoms. The van der Waals surface area contributed by atoms with E-state index in [-0.39, 0.29) is 0 Å². The molecule has 0 aliphatic carbocycles. The first kappa shape index (κ1) is 12.3. The van der Waals surface area contributed by atoms with Gasteiger partial charge >= 0.3 is 6.09 Å². The molecule has 2 aliphatic heterocycles. The Bertz CT molecular complexity index is 494. The van der Waals surface area contributed by atoms with E-state index in [1.165, 1.54) is 4.90 Å². The maximum absolute atomic E-state index is 10.9. The van der Waals surface area contributed by atoms with Crippen LogP contribution in [-0.4, -0.2) is 39.9 Å². The predicted molar refractivity (Wildman–Crippen MR) is 68.2 cm³/mol. The average molecular weight is 263 g/mol. The molecule has 19 heavy (non-hydrogen) atoms. The molecule has 5 nitrogen and oxygen atoms in total. The zero-order chi connectivity index (χ0) is 13.5. The van der Waals surface area contributed by atoms with Gasteiger partial charge in [0.15, 0.2) is 0 Å². The van der Waals surface area contributed by atoms with Gasteiger partial charge in [-0.05, 0) is 6.07 Å². The number of piperidine rings is 1. The number of amides is 1. The molecule has 1 atom stereocenters. The Hall–Kier alpha value is -1.75. The molecule has 2 N–H and O–H groups in total. The van der Waals surface area contributed by atoms with Crippen molar-refractivity contribution < 1.29 is 19.7 Å². The summed E-state index contributed by atoms with van der Waals surface area (Å²) in [5.74, 6) is 0.727. The van der Waals surface area contributed by atoms with Crippen LogP contribution in [0.5, 0.6) is 5.75 Å². The van der Waals surface area contributed by atoms with Crippen LogP contribution in [0.2, 0.25) is 0 Å². The number of likely N-dealkylation sites (tertiary alicyclic amines) is 1. The Morgan fingerprint density at radius 2 is 2.00 bits per heavy atom. The maximum Gasteiger partial charge on any atom is 0.407 e. The molecule has 102 valence electrons. The van der Waals surface area contributed by atoms with Gasteiger partial charge in [-0.3, -0.25) is 0 Å². The number of rotatable bonds is 0. The molecule has 1 amide bonds. The van der Waals surface area contributed by atoms with Crippen LogP contribution in [0.25, 0.3) is 0 Å². The van der Waals surface area contributed by atoms with Gasteiger partial charge < -0.3 is 19.8 Å². The van der Waals surface area contributed by atoms with E-state index >= 15 is 0 Å². The van der Waals surface area contributed by atoms with Gasteiger partial charge in [-0.15, -0.1) is 0 Å². The number of aliphatic hydroxyl groups is 1. The van der Waals surface area contributed by atoms with Crippen LogP contribution < -0.4 is 4.74 Å². The summed E-state index contributed by atoms with van der Waals surface area (Å²) in [5, 5.41) is 19.2. The first-order valence-corrected chi connectivity index (χ1v) is 6.54. The third kappa shape index (κ3) is 2.14. The Morgan fingerprint density at radius 1 is 1.32 bits per heavy atom. The molecule has 3 rings (SSSR count). The van der Waals surface area contributed by atoms with E-state index in [2.05, 4.69) is 0 Å². The number of ether oxygens (including phenoxy) is 1. The van der Waals surface area contributed by atoms with Gasteiger partial charge in [0.2, 0.25) is 0 Å². The third-order valence-corrected chi connectivity index (χ3v) is 4.12. The molecule has 1 aromatic carbocycles. The van der Waals surface area contributed by atoms with Crippen LogP contribution in [0.4, 0.5) is 4.79 Å². The second-order valence-corrected chi connectivity index (χ2v) is 5.31. The normalized spacial score (nSPS) is 24.7. The lowest BCUT2D eigenvalue weighted by Crippen LogP contribution is -2.51. The highest BCUT2D eigenvalue weighted by atomic mass is 16.5. The molecule has 5 heteroatoms. The Kier molecular flexibility index (Phi) is 2.86. The van der Waals surface area contributed by atoms with Gasteiger partial charge in [0.25, 0.3) is 0 Å². The van der Waals surface area contributed by atoms with Crippen LogP contribution >= 0.6 is 0 Å². The van der Waals surface area contributed by atoms with Crippen LogP contribution in [-0.2, 0) is 0 Å². The van der Waals surface area contributed by atoms with E-state index in [1.807, 2.05) is 24.3 Å². The minimum atomic E-state index is -0.883. The Balaban J connectivity index is 1.80. The van der Waals surface area contributed by atoms with E-state index in [4.69, 9.17) is 9.84 Å². The van der Waals surface area contributed by atoms with Gasteiger partial charge in [0.05, 0.1) is 6.10 Å². The Labute approximate surface area is 111 Å². The van der Waals surface area contributed by atoms with Crippen LogP contribution in [0.3, 0.4) is 0 Å². The quantitative estimate of drug-likeness (QED) is 0.751. The lowest BCUT2D eigenvalue weighted by Gasteiger charge is -2.45. The van der Waals surface area contributed by atoms with Crippen molar-refractivity contribution in [3.05, 3.63) is 29.8 Å². The van der Waals surface area contributed by atoms with E-state index in [1.54, 1.807) is 0 Å². The summed E-state index contributed by atoms with van der Waals surface area (Å²) in [7, 11) is 0. The highest BCUT2D eigenvalue weighted by Crippen LogP contribution is 2.43. The summed E-state index contributed by atoms with van der Waals surface area (Å²) >= 11 is 0. The Morgan fingerprint density at radius 3 is 2.68 bits per heavy atom. The molecule has 1 aromatic rings. The van der Waals surface area contributed by atoms with Crippen LogP contribution in [0.1, 0.15) is 30.9 Å². The fourth-order valence-corrected chi connectivity index (χ4v) is 3.00. The lowest BCUT2D eigenvalue weighted by atomic mass is 9.82. The van der Waals surface area contributed by atoms with E-state index in [0.29, 0.717) is 32.4 Å². The minimum absolute atomic E-state index is 0.417. The fraction of sp³-hybridized carbons (Fsp3) is 0.500. The molecule has 0 saturated carbocycles. The van der Waals surface area contributed by atoms with E-state index in [0.717, 1.165) is 11.3 Å². The number of hydrogen-bond acceptors (Lipinski definition) is 3. The third-order valence-electron chi connectivity index (χ3n) is 4.12. The number of fused-ring (bicyclic) bond motifs is 1. The molecule has 2 aliphatic rings. The molecule has 2 heterocycles. The number of hydrogen-bond donors (Lipinski definition) is 2. The number of carbonyl (C=O) groups is 1. The first-order chi connectivity index (χ1) is 9.10. The van der Waals surface area contributed by atoms with Crippen molar-refractivity contribution in [2.45, 2.75) is 31.0 Å². The number of aliphatic hydroxyl groups excluding tert-OH is 1. The summed E-state index contributed by atoms with van der Waals surface area (Å²) in [6.45, 7) is 0.925. The van der Waals surface area contributed by atoms with Crippen LogP contribution in [0.15, 0.2) is 24.3 Å². The summed E-state index contributed by atoms with van der Waals surface area (Å²) < 4.78 is 6.08. The van der Waals surface area contributed by atoms with Gasteiger partial charge in [0, 0.05) is 37.9 Å². The molecule has 1 unspecified atom stereocenters. The van der Waals surface area contributed by atoms with E-state index in [9.17, 15) is 9.90 Å². The average Bonchev–Trinajstić information content (AvgIpc) is 2.39. The number of para-hydroxylation sites is 1. The highest BCUT2D eigenvalue weighted by molar-refractivity contribution is 5.65. The SMILES string of the molecule is O=C(O)N1CCC2(CC1)CC(O)c1ccccc1O2. The minimum Gasteiger partial charge on any atom is -0.487 e. The molecular weight excluding hydrogens is 246 g/mol. The standard InChI is InChI=1S/C14H17NO4/c16-11-9-14(5-7-15(8-6-14)13(17)18)19-12-4-2-1-3-10(11)12/h1-4,11,16H,5-9H2,(H,17,18). The molecule has 0 aromatic heterocycles. The number of nitrogens with zero attached hydrogens (tertiary/aromatic N) is 1. The van der Waals surface area contributed by atoms with Crippen molar-refractivity contribution in [3.63, 3.8) is 0 Å². The monoisotopic (exact) mass is 263 g/mol. The van der Waals surface area contributed by atoms with Crippen molar-refractivity contribution in [3.8, 4) is 5.75 Å². The molecular formula is C14H17NO4. The zero-order valence-electron chi connectivity index (χ0n) is 10.6. The molecule has 1 spiro atoms. The van der Waals surface area contributed by atoms with E-state index < -0.39 is 17.8 Å². The topological polar surface area (TPSA) is 70.0 Å². The highest BCUT2D eigenvalue weighted by Gasteiger charge is 2.43. The number of carboxylic acid groups (broad SMARTS) is 1. The molecule has 0 radical (unpaired) electrons. The van der Waals surface area contributed by atoms with Gasteiger partial charge in [0.1, 0.15) is 11.4 Å². The van der Waals surface area contributed by atoms with Crippen LogP contribution in [0, 0.1) is 0 Å². The van der Waals surface area contributed by atoms with Crippen molar-refractivity contribution in [2.24, 2.45) is 0 Å². The first-order valence-electron chi connectivity index (χ1n) is 6.54. The fourth-order valence-electron chi connectivity index (χ4n) is 3.00. The second-order valence-electron chi connectivity index (χ2n) is 5.31. The van der Waals surface area contributed by atoms with Crippen molar-refractivity contribution in [2.75, 3.05) is 13.1 Å². The van der Waals surface area contributed by atoms with Crippen molar-refractivity contribution in [1.29, 1.82) is 0 Å². The maximum atomic E-state index is 10.9. The summed E-state index contributed by atoms with van der Waals surface area (Å²) in [4.78, 5) is 12.3. The summed E-state index contributed by atoms with van der Waals surface area (Å²) in [6, 6.07) is 7.51. The van der Waals surface area contributed by atoms with Crippen molar-refractivity contribution >= 4 is 6.09 Å². The summed E-state index contributed by atoms with van der Waals surface area (Å²) in [5.41, 5.74) is 0.411. The summed E-state index contributed by atoms with van der Waals surface area (Å²) in [6.07, 6.45) is 0.389.